The first-order valence-electron chi connectivity index (χ1n) is 10.5. The molecule has 1 saturated heterocycles. The first-order valence-corrected chi connectivity index (χ1v) is 10.5. The molecular weight excluding hydrogens is 364 g/mol. The van der Waals surface area contributed by atoms with Crippen LogP contribution in [0.25, 0.3) is 0 Å². The van der Waals surface area contributed by atoms with Crippen molar-refractivity contribution in [2.24, 2.45) is 11.8 Å². The number of aryl methyl sites for hydroxylation is 2. The summed E-state index contributed by atoms with van der Waals surface area (Å²) < 4.78 is 6.38. The van der Waals surface area contributed by atoms with Crippen molar-refractivity contribution >= 4 is 17.5 Å². The molecule has 2 bridgehead atoms. The molecule has 2 amide bonds. The van der Waals surface area contributed by atoms with E-state index >= 15 is 0 Å². The van der Waals surface area contributed by atoms with Crippen LogP contribution in [0.4, 0.5) is 5.69 Å². The molecule has 5 nitrogen and oxygen atoms in total. The summed E-state index contributed by atoms with van der Waals surface area (Å²) in [6, 6.07) is 13.7. The minimum absolute atomic E-state index is 0.111. The number of ether oxygens (including phenoxy) is 1. The SMILES string of the molecule is Cc1ccc(NC(=O)[C@H]2C(=O)N[C@@]34CCCC[C@H]3[C@H]2c2ccccc2O4)cc1C. The summed E-state index contributed by atoms with van der Waals surface area (Å²) in [5.74, 6) is -0.506. The molecule has 4 atom stereocenters. The smallest absolute Gasteiger partial charge is 0.237 e. The fourth-order valence-corrected chi connectivity index (χ4v) is 5.39. The van der Waals surface area contributed by atoms with Gasteiger partial charge in [0, 0.05) is 23.9 Å². The number of rotatable bonds is 2. The van der Waals surface area contributed by atoms with E-state index in [1.165, 1.54) is 5.56 Å². The molecule has 0 radical (unpaired) electrons. The van der Waals surface area contributed by atoms with Crippen LogP contribution in [0.3, 0.4) is 0 Å². The summed E-state index contributed by atoms with van der Waals surface area (Å²) in [7, 11) is 0. The van der Waals surface area contributed by atoms with Gasteiger partial charge in [0.05, 0.1) is 0 Å². The molecule has 2 aromatic carbocycles. The van der Waals surface area contributed by atoms with Gasteiger partial charge in [-0.05, 0) is 61.6 Å². The molecule has 5 heteroatoms. The molecular formula is C24H26N2O3. The average molecular weight is 390 g/mol. The lowest BCUT2D eigenvalue weighted by Gasteiger charge is -2.55. The Hall–Kier alpha value is -2.82. The van der Waals surface area contributed by atoms with E-state index in [-0.39, 0.29) is 23.7 Å². The maximum atomic E-state index is 13.3. The van der Waals surface area contributed by atoms with Crippen molar-refractivity contribution in [1.29, 1.82) is 0 Å². The van der Waals surface area contributed by atoms with Crippen molar-refractivity contribution in [3.05, 3.63) is 59.2 Å². The van der Waals surface area contributed by atoms with Crippen LogP contribution in [0.2, 0.25) is 0 Å². The number of carbonyl (C=O) groups excluding carboxylic acids is 2. The number of benzene rings is 2. The number of piperidine rings is 1. The van der Waals surface area contributed by atoms with E-state index in [1.54, 1.807) is 0 Å². The highest BCUT2D eigenvalue weighted by Crippen LogP contribution is 2.55. The normalized spacial score (nSPS) is 29.7. The van der Waals surface area contributed by atoms with Crippen LogP contribution in [-0.2, 0) is 9.59 Å². The number of para-hydroxylation sites is 1. The third kappa shape index (κ3) is 2.83. The lowest BCUT2D eigenvalue weighted by molar-refractivity contribution is -0.160. The fraction of sp³-hybridized carbons (Fsp3) is 0.417. The number of carbonyl (C=O) groups is 2. The lowest BCUT2D eigenvalue weighted by Crippen LogP contribution is -2.69. The zero-order chi connectivity index (χ0) is 20.2. The van der Waals surface area contributed by atoms with Gasteiger partial charge >= 0.3 is 0 Å². The van der Waals surface area contributed by atoms with Crippen LogP contribution in [0.5, 0.6) is 5.75 Å². The molecule has 0 aromatic heterocycles. The zero-order valence-electron chi connectivity index (χ0n) is 16.8. The van der Waals surface area contributed by atoms with Gasteiger partial charge in [0.1, 0.15) is 11.7 Å². The average Bonchev–Trinajstić information content (AvgIpc) is 2.69. The fourth-order valence-electron chi connectivity index (χ4n) is 5.39. The van der Waals surface area contributed by atoms with Crippen molar-refractivity contribution in [3.8, 4) is 5.75 Å². The van der Waals surface area contributed by atoms with Gasteiger partial charge in [0.2, 0.25) is 11.8 Å². The largest absolute Gasteiger partial charge is 0.467 e. The minimum Gasteiger partial charge on any atom is -0.467 e. The number of fused-ring (bicyclic) bond motifs is 2. The lowest BCUT2D eigenvalue weighted by atomic mass is 9.62. The van der Waals surface area contributed by atoms with E-state index in [1.807, 2.05) is 56.3 Å². The Morgan fingerprint density at radius 1 is 1.14 bits per heavy atom. The molecule has 5 rings (SSSR count). The van der Waals surface area contributed by atoms with Gasteiger partial charge in [-0.1, -0.05) is 30.7 Å². The van der Waals surface area contributed by atoms with E-state index in [2.05, 4.69) is 10.6 Å². The van der Waals surface area contributed by atoms with Crippen LogP contribution in [0.15, 0.2) is 42.5 Å². The van der Waals surface area contributed by atoms with Gasteiger partial charge in [-0.2, -0.15) is 0 Å². The molecule has 2 fully saturated rings. The van der Waals surface area contributed by atoms with Gasteiger partial charge in [0.15, 0.2) is 5.72 Å². The van der Waals surface area contributed by atoms with E-state index in [9.17, 15) is 9.59 Å². The number of amides is 2. The predicted molar refractivity (Wildman–Crippen MR) is 111 cm³/mol. The molecule has 0 spiro atoms. The summed E-state index contributed by atoms with van der Waals surface area (Å²) in [5, 5.41) is 6.12. The summed E-state index contributed by atoms with van der Waals surface area (Å²) in [4.78, 5) is 26.5. The second-order valence-corrected chi connectivity index (χ2v) is 8.66. The quantitative estimate of drug-likeness (QED) is 0.760. The second-order valence-electron chi connectivity index (χ2n) is 8.66. The number of nitrogens with one attached hydrogen (secondary N) is 2. The van der Waals surface area contributed by atoms with Gasteiger partial charge in [-0.25, -0.2) is 0 Å². The van der Waals surface area contributed by atoms with Crippen molar-refractivity contribution in [1.82, 2.24) is 5.32 Å². The van der Waals surface area contributed by atoms with Gasteiger partial charge < -0.3 is 15.4 Å². The van der Waals surface area contributed by atoms with E-state index < -0.39 is 11.6 Å². The van der Waals surface area contributed by atoms with Crippen molar-refractivity contribution in [2.45, 2.75) is 51.2 Å². The molecule has 2 N–H and O–H groups in total. The van der Waals surface area contributed by atoms with Crippen molar-refractivity contribution in [3.63, 3.8) is 0 Å². The standard InChI is InChI=1S/C24H26N2O3/c1-14-10-11-16(13-15(14)2)25-22(27)21-20-17-7-3-4-9-19(17)29-24(26-23(21)28)12-6-5-8-18(20)24/h3-4,7,9-11,13,18,20-21H,5-6,8,12H2,1-2H3,(H,25,27)(H,26,28)/t18-,20+,21-,24+/m0/s1. The maximum absolute atomic E-state index is 13.3. The highest BCUT2D eigenvalue weighted by molar-refractivity contribution is 6.08. The minimum atomic E-state index is -0.766. The van der Waals surface area contributed by atoms with E-state index in [0.29, 0.717) is 0 Å². The Kier molecular flexibility index (Phi) is 4.16. The third-order valence-electron chi connectivity index (χ3n) is 6.95. The summed E-state index contributed by atoms with van der Waals surface area (Å²) in [6.45, 7) is 4.06. The Labute approximate surface area is 170 Å². The zero-order valence-corrected chi connectivity index (χ0v) is 16.8. The van der Waals surface area contributed by atoms with Gasteiger partial charge in [-0.15, -0.1) is 0 Å². The van der Waals surface area contributed by atoms with Crippen LogP contribution in [0, 0.1) is 25.7 Å². The first-order chi connectivity index (χ1) is 14.0. The summed E-state index contributed by atoms with van der Waals surface area (Å²) in [6.07, 6.45) is 3.85. The Morgan fingerprint density at radius 2 is 1.97 bits per heavy atom. The second kappa shape index (κ2) is 6.61. The molecule has 29 heavy (non-hydrogen) atoms. The number of anilines is 1. The van der Waals surface area contributed by atoms with Crippen LogP contribution < -0.4 is 15.4 Å². The summed E-state index contributed by atoms with van der Waals surface area (Å²) in [5.41, 5.74) is 3.31. The van der Waals surface area contributed by atoms with Crippen molar-refractivity contribution < 1.29 is 14.3 Å². The third-order valence-corrected chi connectivity index (χ3v) is 6.95. The molecule has 2 aromatic rings. The van der Waals surface area contributed by atoms with Crippen LogP contribution >= 0.6 is 0 Å². The van der Waals surface area contributed by atoms with Crippen LogP contribution in [0.1, 0.15) is 48.3 Å². The molecule has 1 aliphatic carbocycles. The molecule has 150 valence electrons. The van der Waals surface area contributed by atoms with E-state index in [4.69, 9.17) is 4.74 Å². The Balaban J connectivity index is 1.54. The molecule has 0 unspecified atom stereocenters. The molecule has 3 aliphatic rings. The molecule has 1 saturated carbocycles. The first kappa shape index (κ1) is 18.2. The number of hydrogen-bond donors (Lipinski definition) is 2. The maximum Gasteiger partial charge on any atom is 0.237 e. The number of hydrogen-bond acceptors (Lipinski definition) is 3. The summed E-state index contributed by atoms with van der Waals surface area (Å²) >= 11 is 0. The Morgan fingerprint density at radius 3 is 2.79 bits per heavy atom. The predicted octanol–water partition coefficient (Wildman–Crippen LogP) is 4.05. The highest BCUT2D eigenvalue weighted by Gasteiger charge is 2.60. The van der Waals surface area contributed by atoms with Crippen LogP contribution in [-0.4, -0.2) is 17.5 Å². The molecule has 2 heterocycles. The van der Waals surface area contributed by atoms with Gasteiger partial charge in [0.25, 0.3) is 0 Å². The Bertz CT molecular complexity index is 1000. The van der Waals surface area contributed by atoms with Crippen molar-refractivity contribution in [2.75, 3.05) is 5.32 Å². The monoisotopic (exact) mass is 390 g/mol. The van der Waals surface area contributed by atoms with E-state index in [0.717, 1.165) is 48.2 Å². The topological polar surface area (TPSA) is 67.4 Å². The highest BCUT2D eigenvalue weighted by atomic mass is 16.5. The molecule has 2 aliphatic heterocycles. The van der Waals surface area contributed by atoms with Gasteiger partial charge in [-0.3, -0.25) is 9.59 Å².